The lowest BCUT2D eigenvalue weighted by Gasteiger charge is -2.00. The van der Waals surface area contributed by atoms with Gasteiger partial charge in [-0.05, 0) is 36.5 Å². The zero-order chi connectivity index (χ0) is 16.4. The van der Waals surface area contributed by atoms with Crippen LogP contribution in [0.15, 0.2) is 18.2 Å². The van der Waals surface area contributed by atoms with Crippen LogP contribution in [0.2, 0.25) is 0 Å². The van der Waals surface area contributed by atoms with Crippen molar-refractivity contribution in [3.63, 3.8) is 0 Å². The van der Waals surface area contributed by atoms with Crippen molar-refractivity contribution in [1.29, 1.82) is 0 Å². The lowest BCUT2D eigenvalue weighted by Crippen LogP contribution is -2.03. The van der Waals surface area contributed by atoms with Crippen molar-refractivity contribution < 1.29 is 19.8 Å². The third-order valence-electron chi connectivity index (χ3n) is 3.00. The van der Waals surface area contributed by atoms with Gasteiger partial charge in [-0.15, -0.1) is 0 Å². The molecule has 0 aliphatic carbocycles. The van der Waals surface area contributed by atoms with E-state index in [1.165, 1.54) is 31.0 Å². The number of unbranched alkanes of at least 4 members (excludes halogenated alkanes) is 4. The summed E-state index contributed by atoms with van der Waals surface area (Å²) in [6, 6.07) is 3.74. The van der Waals surface area contributed by atoms with Gasteiger partial charge in [-0.2, -0.15) is 0 Å². The van der Waals surface area contributed by atoms with Crippen molar-refractivity contribution in [2.75, 3.05) is 0 Å². The van der Waals surface area contributed by atoms with Crippen LogP contribution in [0.1, 0.15) is 65.3 Å². The lowest BCUT2D eigenvalue weighted by molar-refractivity contribution is 0.0681. The highest BCUT2D eigenvalue weighted by Gasteiger charge is 2.11. The van der Waals surface area contributed by atoms with Gasteiger partial charge in [-0.1, -0.05) is 38.0 Å². The maximum Gasteiger partial charge on any atom is 0.336 e. The normalized spacial score (nSPS) is 9.14. The minimum atomic E-state index is -1.14. The molecule has 114 valence electrons. The maximum absolute atomic E-state index is 11.1. The van der Waals surface area contributed by atoms with Crippen LogP contribution in [0.5, 0.6) is 0 Å². The van der Waals surface area contributed by atoms with Crippen LogP contribution >= 0.6 is 0 Å². The fourth-order valence-corrected chi connectivity index (χ4v) is 1.81. The molecule has 22 heavy (non-hydrogen) atoms. The Morgan fingerprint density at radius 1 is 1.05 bits per heavy atom. The monoisotopic (exact) mass is 298 g/mol. The SMILES string of the molecule is CCCCCCC#CC#Cc1cc(C(=O)O)ccc1C(=O)O. The van der Waals surface area contributed by atoms with E-state index in [0.29, 0.717) is 0 Å². The molecule has 0 unspecified atom stereocenters. The quantitative estimate of drug-likeness (QED) is 0.623. The molecule has 4 nitrogen and oxygen atoms in total. The van der Waals surface area contributed by atoms with Gasteiger partial charge in [0.1, 0.15) is 0 Å². The first-order valence-electron chi connectivity index (χ1n) is 7.15. The summed E-state index contributed by atoms with van der Waals surface area (Å²) >= 11 is 0. The summed E-state index contributed by atoms with van der Waals surface area (Å²) in [7, 11) is 0. The minimum Gasteiger partial charge on any atom is -0.478 e. The van der Waals surface area contributed by atoms with Crippen molar-refractivity contribution in [3.8, 4) is 23.7 Å². The number of carboxylic acids is 2. The number of hydrogen-bond donors (Lipinski definition) is 2. The molecule has 0 aromatic heterocycles. The van der Waals surface area contributed by atoms with Gasteiger partial charge in [0.25, 0.3) is 0 Å². The summed E-state index contributed by atoms with van der Waals surface area (Å²) in [5.74, 6) is 8.53. The van der Waals surface area contributed by atoms with Crippen LogP contribution < -0.4 is 0 Å². The van der Waals surface area contributed by atoms with Gasteiger partial charge in [-0.3, -0.25) is 0 Å². The first kappa shape index (κ1) is 17.3. The Bertz CT molecular complexity index is 666. The van der Waals surface area contributed by atoms with E-state index in [-0.39, 0.29) is 16.7 Å². The molecule has 0 spiro atoms. The summed E-state index contributed by atoms with van der Waals surface area (Å²) in [5.41, 5.74) is 0.136. The number of carbonyl (C=O) groups is 2. The van der Waals surface area contributed by atoms with Gasteiger partial charge in [0.05, 0.1) is 11.1 Å². The molecule has 4 heteroatoms. The molecule has 1 aromatic carbocycles. The highest BCUT2D eigenvalue weighted by molar-refractivity contribution is 5.94. The molecule has 0 bridgehead atoms. The van der Waals surface area contributed by atoms with Gasteiger partial charge in [0.2, 0.25) is 0 Å². The molecule has 0 aliphatic heterocycles. The molecule has 0 saturated carbocycles. The Kier molecular flexibility index (Phi) is 7.29. The van der Waals surface area contributed by atoms with Gasteiger partial charge >= 0.3 is 11.9 Å². The second-order valence-corrected chi connectivity index (χ2v) is 4.73. The van der Waals surface area contributed by atoms with Crippen molar-refractivity contribution in [2.45, 2.75) is 39.0 Å². The predicted octanol–water partition coefficient (Wildman–Crippen LogP) is 3.41. The molecule has 1 rings (SSSR count). The number of aromatic carboxylic acids is 2. The molecule has 0 fully saturated rings. The van der Waals surface area contributed by atoms with Crippen LogP contribution in [0.4, 0.5) is 0 Å². The van der Waals surface area contributed by atoms with Crippen molar-refractivity contribution in [2.24, 2.45) is 0 Å². The Hall–Kier alpha value is -2.72. The Morgan fingerprint density at radius 3 is 2.45 bits per heavy atom. The largest absolute Gasteiger partial charge is 0.478 e. The number of carboxylic acid groups (broad SMARTS) is 2. The fraction of sp³-hybridized carbons (Fsp3) is 0.333. The maximum atomic E-state index is 11.1. The highest BCUT2D eigenvalue weighted by atomic mass is 16.4. The van der Waals surface area contributed by atoms with Crippen LogP contribution in [-0.4, -0.2) is 22.2 Å². The van der Waals surface area contributed by atoms with Gasteiger partial charge in [0, 0.05) is 12.0 Å². The Labute approximate surface area is 130 Å². The van der Waals surface area contributed by atoms with Crippen LogP contribution in [0.25, 0.3) is 0 Å². The van der Waals surface area contributed by atoms with Crippen LogP contribution in [0.3, 0.4) is 0 Å². The molecular formula is C18H18O4. The van der Waals surface area contributed by atoms with Gasteiger partial charge in [0.15, 0.2) is 0 Å². The van der Waals surface area contributed by atoms with E-state index in [2.05, 4.69) is 30.6 Å². The average molecular weight is 298 g/mol. The summed E-state index contributed by atoms with van der Waals surface area (Å²) in [6.07, 6.45) is 5.29. The standard InChI is InChI=1S/C18H18O4/c1-2-3-4-5-6-7-8-9-10-14-13-15(17(19)20)11-12-16(14)18(21)22/h11-13H,2-6H2,1H3,(H,19,20)(H,21,22). The van der Waals surface area contributed by atoms with E-state index in [9.17, 15) is 9.59 Å². The fourth-order valence-electron chi connectivity index (χ4n) is 1.81. The molecule has 0 radical (unpaired) electrons. The van der Waals surface area contributed by atoms with Crippen LogP contribution in [-0.2, 0) is 0 Å². The molecule has 2 N–H and O–H groups in total. The highest BCUT2D eigenvalue weighted by Crippen LogP contribution is 2.11. The lowest BCUT2D eigenvalue weighted by atomic mass is 10.0. The van der Waals surface area contributed by atoms with Crippen LogP contribution in [0, 0.1) is 23.7 Å². The first-order chi connectivity index (χ1) is 10.6. The van der Waals surface area contributed by atoms with E-state index in [4.69, 9.17) is 10.2 Å². The predicted molar refractivity (Wildman–Crippen MR) is 83.8 cm³/mol. The number of hydrogen-bond acceptors (Lipinski definition) is 2. The Balaban J connectivity index is 2.82. The topological polar surface area (TPSA) is 74.6 Å². The van der Waals surface area contributed by atoms with E-state index in [0.717, 1.165) is 19.3 Å². The van der Waals surface area contributed by atoms with Gasteiger partial charge < -0.3 is 10.2 Å². The summed E-state index contributed by atoms with van der Waals surface area (Å²) < 4.78 is 0. The van der Waals surface area contributed by atoms with E-state index < -0.39 is 11.9 Å². The second kappa shape index (κ2) is 9.26. The Morgan fingerprint density at radius 2 is 1.82 bits per heavy atom. The smallest absolute Gasteiger partial charge is 0.336 e. The van der Waals surface area contributed by atoms with Crippen molar-refractivity contribution >= 4 is 11.9 Å². The molecule has 0 saturated heterocycles. The van der Waals surface area contributed by atoms with E-state index >= 15 is 0 Å². The molecular weight excluding hydrogens is 280 g/mol. The zero-order valence-corrected chi connectivity index (χ0v) is 12.5. The zero-order valence-electron chi connectivity index (χ0n) is 12.5. The number of rotatable bonds is 6. The second-order valence-electron chi connectivity index (χ2n) is 4.73. The minimum absolute atomic E-state index is 0.00169. The molecule has 1 aromatic rings. The van der Waals surface area contributed by atoms with Crippen molar-refractivity contribution in [1.82, 2.24) is 0 Å². The molecule has 0 atom stereocenters. The summed E-state index contributed by atoms with van der Waals surface area (Å²) in [5, 5.41) is 18.0. The molecule has 0 aliphatic rings. The van der Waals surface area contributed by atoms with Crippen molar-refractivity contribution in [3.05, 3.63) is 34.9 Å². The number of benzene rings is 1. The summed E-state index contributed by atoms with van der Waals surface area (Å²) in [4.78, 5) is 22.0. The van der Waals surface area contributed by atoms with E-state index in [1.807, 2.05) is 0 Å². The first-order valence-corrected chi connectivity index (χ1v) is 7.15. The third-order valence-corrected chi connectivity index (χ3v) is 3.00. The summed E-state index contributed by atoms with van der Waals surface area (Å²) in [6.45, 7) is 2.14. The van der Waals surface area contributed by atoms with Gasteiger partial charge in [-0.25, -0.2) is 9.59 Å². The third kappa shape index (κ3) is 5.73. The van der Waals surface area contributed by atoms with E-state index in [1.54, 1.807) is 0 Å². The molecule has 0 heterocycles. The average Bonchev–Trinajstić information content (AvgIpc) is 2.49. The molecule has 0 amide bonds.